The van der Waals surface area contributed by atoms with Crippen molar-refractivity contribution in [3.8, 4) is 0 Å². The van der Waals surface area contributed by atoms with Crippen LogP contribution in [0.1, 0.15) is 23.3 Å². The summed E-state index contributed by atoms with van der Waals surface area (Å²) in [5, 5.41) is 0. The number of hydrogen-bond donors (Lipinski definition) is 0. The largest absolute Gasteiger partial charge is 0.380 e. The Kier molecular flexibility index (Phi) is 4.38. The van der Waals surface area contributed by atoms with Gasteiger partial charge in [0.25, 0.3) is 0 Å². The molecule has 1 aliphatic heterocycles. The molecule has 0 radical (unpaired) electrons. The fourth-order valence-corrected chi connectivity index (χ4v) is 2.12. The van der Waals surface area contributed by atoms with Gasteiger partial charge in [-0.05, 0) is 18.6 Å². The van der Waals surface area contributed by atoms with E-state index in [4.69, 9.17) is 4.74 Å². The summed E-state index contributed by atoms with van der Waals surface area (Å²) >= 11 is 0. The molecular weight excluding hydrogens is 235 g/mol. The Balaban J connectivity index is 1.80. The van der Waals surface area contributed by atoms with Crippen LogP contribution in [0, 0.1) is 5.82 Å². The molecule has 0 saturated carbocycles. The number of pyridine rings is 1. The average Bonchev–Trinajstić information content (AvgIpc) is 2.85. The molecule has 4 nitrogen and oxygen atoms in total. The number of aromatic nitrogens is 1. The van der Waals surface area contributed by atoms with Crippen molar-refractivity contribution in [2.24, 2.45) is 0 Å². The van der Waals surface area contributed by atoms with Crippen molar-refractivity contribution in [1.82, 2.24) is 9.88 Å². The molecule has 0 N–H and O–H groups in total. The van der Waals surface area contributed by atoms with Gasteiger partial charge >= 0.3 is 0 Å². The summed E-state index contributed by atoms with van der Waals surface area (Å²) in [6.45, 7) is 2.54. The van der Waals surface area contributed by atoms with Crippen LogP contribution in [0.4, 0.5) is 4.39 Å². The Labute approximate surface area is 106 Å². The van der Waals surface area contributed by atoms with E-state index in [0.29, 0.717) is 18.7 Å². The minimum absolute atomic E-state index is 0.0455. The van der Waals surface area contributed by atoms with E-state index >= 15 is 0 Å². The van der Waals surface area contributed by atoms with Gasteiger partial charge in [-0.25, -0.2) is 4.39 Å². The quantitative estimate of drug-likeness (QED) is 0.745. The lowest BCUT2D eigenvalue weighted by atomic mass is 10.2. The number of carbonyl (C=O) groups is 1. The van der Waals surface area contributed by atoms with Gasteiger partial charge in [0, 0.05) is 33.2 Å². The highest BCUT2D eigenvalue weighted by Crippen LogP contribution is 2.12. The first-order valence-electron chi connectivity index (χ1n) is 6.09. The van der Waals surface area contributed by atoms with Gasteiger partial charge in [-0.1, -0.05) is 0 Å². The number of rotatable bonds is 5. The summed E-state index contributed by atoms with van der Waals surface area (Å²) in [6.07, 6.45) is 2.78. The molecule has 0 spiro atoms. The van der Waals surface area contributed by atoms with E-state index in [9.17, 15) is 9.18 Å². The average molecular weight is 252 g/mol. The van der Waals surface area contributed by atoms with Crippen LogP contribution < -0.4 is 0 Å². The zero-order valence-electron chi connectivity index (χ0n) is 10.4. The predicted octanol–water partition coefficient (Wildman–Crippen LogP) is 1.51. The SMILES string of the molecule is COC1CCN(CCC(=O)c2ccc(F)cn2)C1. The van der Waals surface area contributed by atoms with Gasteiger partial charge < -0.3 is 9.64 Å². The third-order valence-corrected chi connectivity index (χ3v) is 3.23. The molecular formula is C13H17FN2O2. The minimum Gasteiger partial charge on any atom is -0.380 e. The Morgan fingerprint density at radius 1 is 1.61 bits per heavy atom. The minimum atomic E-state index is -0.422. The van der Waals surface area contributed by atoms with Crippen molar-refractivity contribution in [3.05, 3.63) is 29.8 Å². The highest BCUT2D eigenvalue weighted by molar-refractivity contribution is 5.94. The summed E-state index contributed by atoms with van der Waals surface area (Å²) in [6, 6.07) is 2.69. The molecule has 5 heteroatoms. The van der Waals surface area contributed by atoms with E-state index in [1.54, 1.807) is 7.11 Å². The monoisotopic (exact) mass is 252 g/mol. The van der Waals surface area contributed by atoms with E-state index in [-0.39, 0.29) is 11.9 Å². The van der Waals surface area contributed by atoms with Crippen molar-refractivity contribution in [2.45, 2.75) is 18.9 Å². The molecule has 0 aromatic carbocycles. The second kappa shape index (κ2) is 6.02. The molecule has 0 amide bonds. The maximum absolute atomic E-state index is 12.7. The molecule has 1 aliphatic rings. The maximum Gasteiger partial charge on any atom is 0.182 e. The molecule has 2 heterocycles. The summed E-state index contributed by atoms with van der Waals surface area (Å²) < 4.78 is 17.9. The van der Waals surface area contributed by atoms with Crippen molar-refractivity contribution >= 4 is 5.78 Å². The lowest BCUT2D eigenvalue weighted by Gasteiger charge is -2.14. The Bertz CT molecular complexity index is 408. The van der Waals surface area contributed by atoms with E-state index in [2.05, 4.69) is 9.88 Å². The fourth-order valence-electron chi connectivity index (χ4n) is 2.12. The predicted molar refractivity (Wildman–Crippen MR) is 65.0 cm³/mol. The molecule has 98 valence electrons. The van der Waals surface area contributed by atoms with Crippen molar-refractivity contribution < 1.29 is 13.9 Å². The molecule has 2 rings (SSSR count). The number of carbonyl (C=O) groups excluding carboxylic acids is 1. The van der Waals surface area contributed by atoms with Gasteiger partial charge in [0.05, 0.1) is 12.3 Å². The maximum atomic E-state index is 12.7. The van der Waals surface area contributed by atoms with Crippen LogP contribution >= 0.6 is 0 Å². The molecule has 18 heavy (non-hydrogen) atoms. The molecule has 1 aromatic heterocycles. The lowest BCUT2D eigenvalue weighted by molar-refractivity contribution is 0.0939. The fraction of sp³-hybridized carbons (Fsp3) is 0.538. The smallest absolute Gasteiger partial charge is 0.182 e. The normalized spacial score (nSPS) is 20.2. The number of halogens is 1. The molecule has 1 fully saturated rings. The Morgan fingerprint density at radius 3 is 3.06 bits per heavy atom. The third-order valence-electron chi connectivity index (χ3n) is 3.23. The lowest BCUT2D eigenvalue weighted by Crippen LogP contribution is -2.25. The Morgan fingerprint density at radius 2 is 2.44 bits per heavy atom. The number of ketones is 1. The summed E-state index contributed by atoms with van der Waals surface area (Å²) in [5.41, 5.74) is 0.332. The van der Waals surface area contributed by atoms with Crippen LogP contribution in [0.2, 0.25) is 0 Å². The first kappa shape index (κ1) is 13.1. The van der Waals surface area contributed by atoms with Crippen LogP contribution in [0.25, 0.3) is 0 Å². The number of nitrogens with zero attached hydrogens (tertiary/aromatic N) is 2. The topological polar surface area (TPSA) is 42.4 Å². The van der Waals surface area contributed by atoms with Crippen molar-refractivity contribution in [1.29, 1.82) is 0 Å². The van der Waals surface area contributed by atoms with Crippen molar-refractivity contribution in [3.63, 3.8) is 0 Å². The highest BCUT2D eigenvalue weighted by atomic mass is 19.1. The van der Waals surface area contributed by atoms with Crippen LogP contribution in [-0.4, -0.2) is 48.5 Å². The molecule has 0 aliphatic carbocycles. The van der Waals surface area contributed by atoms with Crippen LogP contribution in [0.5, 0.6) is 0 Å². The third kappa shape index (κ3) is 3.34. The number of Topliss-reactive ketones (excluding diaryl/α,β-unsaturated/α-hetero) is 1. The van der Waals surface area contributed by atoms with E-state index in [1.807, 2.05) is 0 Å². The van der Waals surface area contributed by atoms with Gasteiger partial charge in [-0.3, -0.25) is 9.78 Å². The van der Waals surface area contributed by atoms with Crippen LogP contribution in [0.15, 0.2) is 18.3 Å². The summed E-state index contributed by atoms with van der Waals surface area (Å²) in [5.74, 6) is -0.468. The van der Waals surface area contributed by atoms with Gasteiger partial charge in [-0.15, -0.1) is 0 Å². The zero-order chi connectivity index (χ0) is 13.0. The van der Waals surface area contributed by atoms with Gasteiger partial charge in [0.1, 0.15) is 11.5 Å². The van der Waals surface area contributed by atoms with E-state index < -0.39 is 5.82 Å². The van der Waals surface area contributed by atoms with Crippen LogP contribution in [0.3, 0.4) is 0 Å². The number of ether oxygens (including phenoxy) is 1. The van der Waals surface area contributed by atoms with E-state index in [1.165, 1.54) is 12.1 Å². The summed E-state index contributed by atoms with van der Waals surface area (Å²) in [7, 11) is 1.71. The molecule has 1 atom stereocenters. The van der Waals surface area contributed by atoms with Gasteiger partial charge in [0.15, 0.2) is 5.78 Å². The second-order valence-electron chi connectivity index (χ2n) is 4.48. The number of methoxy groups -OCH3 is 1. The van der Waals surface area contributed by atoms with Gasteiger partial charge in [0.2, 0.25) is 0 Å². The van der Waals surface area contributed by atoms with E-state index in [0.717, 1.165) is 25.7 Å². The first-order chi connectivity index (χ1) is 8.69. The van der Waals surface area contributed by atoms with Crippen LogP contribution in [-0.2, 0) is 4.74 Å². The van der Waals surface area contributed by atoms with Gasteiger partial charge in [-0.2, -0.15) is 0 Å². The molecule has 1 saturated heterocycles. The molecule has 1 aromatic rings. The molecule has 1 unspecified atom stereocenters. The summed E-state index contributed by atoms with van der Waals surface area (Å²) in [4.78, 5) is 17.8. The first-order valence-corrected chi connectivity index (χ1v) is 6.09. The van der Waals surface area contributed by atoms with Crippen molar-refractivity contribution in [2.75, 3.05) is 26.7 Å². The number of likely N-dealkylation sites (tertiary alicyclic amines) is 1. The zero-order valence-corrected chi connectivity index (χ0v) is 10.4. The number of hydrogen-bond acceptors (Lipinski definition) is 4. The second-order valence-corrected chi connectivity index (χ2v) is 4.48. The Hall–Kier alpha value is -1.33. The highest BCUT2D eigenvalue weighted by Gasteiger charge is 2.22. The molecule has 0 bridgehead atoms. The standard InChI is InChI=1S/C13H17FN2O2/c1-18-11-4-6-16(9-11)7-5-13(17)12-3-2-10(14)8-15-12/h2-3,8,11H,4-7,9H2,1H3.